The lowest BCUT2D eigenvalue weighted by molar-refractivity contribution is -0.384. The molecule has 2 fully saturated rings. The average molecular weight is 435 g/mol. The minimum Gasteiger partial charge on any atom is -0.480 e. The summed E-state index contributed by atoms with van der Waals surface area (Å²) >= 11 is 0. The van der Waals surface area contributed by atoms with Crippen molar-refractivity contribution in [2.45, 2.75) is 65.0 Å². The summed E-state index contributed by atoms with van der Waals surface area (Å²) in [6.45, 7) is 8.17. The largest absolute Gasteiger partial charge is 0.480 e. The van der Waals surface area contributed by atoms with Gasteiger partial charge in [-0.3, -0.25) is 10.1 Å². The number of aliphatic carboxylic acids is 1. The van der Waals surface area contributed by atoms with Crippen LogP contribution in [0.25, 0.3) is 0 Å². The van der Waals surface area contributed by atoms with E-state index in [0.29, 0.717) is 49.7 Å². The van der Waals surface area contributed by atoms with Crippen molar-refractivity contribution in [2.24, 2.45) is 17.8 Å². The average Bonchev–Trinajstić information content (AvgIpc) is 3.21. The van der Waals surface area contributed by atoms with Crippen LogP contribution >= 0.6 is 0 Å². The van der Waals surface area contributed by atoms with Gasteiger partial charge in [0.05, 0.1) is 17.6 Å². The molecule has 1 saturated heterocycles. The van der Waals surface area contributed by atoms with Gasteiger partial charge in [0.2, 0.25) is 5.82 Å². The third kappa shape index (κ3) is 5.44. The molecule has 2 heterocycles. The minimum absolute atomic E-state index is 0.124. The minimum atomic E-state index is -0.901. The van der Waals surface area contributed by atoms with Gasteiger partial charge in [0, 0.05) is 19.2 Å². The van der Waals surface area contributed by atoms with E-state index in [1.54, 1.807) is 4.90 Å². The third-order valence-corrected chi connectivity index (χ3v) is 6.62. The Kier molecular flexibility index (Phi) is 7.69. The number of hydrogen-bond acceptors (Lipinski definition) is 7. The van der Waals surface area contributed by atoms with E-state index in [9.17, 15) is 20.0 Å². The third-order valence-electron chi connectivity index (χ3n) is 6.62. The molecular formula is C22H34N4O5. The molecule has 0 aromatic carbocycles. The van der Waals surface area contributed by atoms with E-state index in [-0.39, 0.29) is 17.6 Å². The summed E-state index contributed by atoms with van der Waals surface area (Å²) in [5.74, 6) is 1.40. The zero-order valence-corrected chi connectivity index (χ0v) is 18.6. The van der Waals surface area contributed by atoms with Gasteiger partial charge >= 0.3 is 11.7 Å². The molecule has 4 atom stereocenters. The van der Waals surface area contributed by atoms with Crippen molar-refractivity contribution >= 4 is 23.3 Å². The van der Waals surface area contributed by atoms with E-state index in [4.69, 9.17) is 4.74 Å². The molecule has 3 rings (SSSR count). The first kappa shape index (κ1) is 23.2. The number of hydrogen-bond donors (Lipinski definition) is 2. The molecule has 2 N–H and O–H groups in total. The number of carbonyl (C=O) groups is 1. The zero-order chi connectivity index (χ0) is 22.5. The highest BCUT2D eigenvalue weighted by Gasteiger charge is 2.34. The lowest BCUT2D eigenvalue weighted by Gasteiger charge is -2.39. The fourth-order valence-electron chi connectivity index (χ4n) is 5.23. The normalized spacial score (nSPS) is 26.3. The predicted octanol–water partition coefficient (Wildman–Crippen LogP) is 3.93. The van der Waals surface area contributed by atoms with E-state index in [1.807, 2.05) is 0 Å². The number of carboxylic acids is 1. The predicted molar refractivity (Wildman–Crippen MR) is 118 cm³/mol. The molecule has 0 bridgehead atoms. The Balaban J connectivity index is 1.65. The van der Waals surface area contributed by atoms with E-state index < -0.39 is 16.9 Å². The Hall–Kier alpha value is -2.42. The molecule has 1 aromatic heterocycles. The second-order valence-corrected chi connectivity index (χ2v) is 9.05. The lowest BCUT2D eigenvalue weighted by Crippen LogP contribution is -2.37. The summed E-state index contributed by atoms with van der Waals surface area (Å²) in [4.78, 5) is 28.6. The summed E-state index contributed by atoms with van der Waals surface area (Å²) in [5.41, 5.74) is -0.124. The highest BCUT2D eigenvalue weighted by molar-refractivity contribution is 5.79. The number of aromatic nitrogens is 1. The molecule has 1 aliphatic carbocycles. The SMILES string of the molecule is CC(C)C1C(C)CCCC1OCCNc1nc(N2CCCC2C(=O)O)ccc1[N+](=O)[O-]. The molecule has 0 spiro atoms. The van der Waals surface area contributed by atoms with Crippen molar-refractivity contribution in [3.8, 4) is 0 Å². The van der Waals surface area contributed by atoms with Crippen LogP contribution in [0.1, 0.15) is 52.9 Å². The fraction of sp³-hybridized carbons (Fsp3) is 0.727. The van der Waals surface area contributed by atoms with Crippen LogP contribution in [0.4, 0.5) is 17.3 Å². The molecule has 9 nitrogen and oxygen atoms in total. The van der Waals surface area contributed by atoms with Gasteiger partial charge in [0.15, 0.2) is 0 Å². The fourth-order valence-corrected chi connectivity index (χ4v) is 5.23. The second-order valence-electron chi connectivity index (χ2n) is 9.05. The highest BCUT2D eigenvalue weighted by Crippen LogP contribution is 2.37. The first-order chi connectivity index (χ1) is 14.8. The van der Waals surface area contributed by atoms with Crippen LogP contribution in [0.3, 0.4) is 0 Å². The number of ether oxygens (including phenoxy) is 1. The standard InChI is InChI=1S/C22H34N4O5/c1-14(2)20-15(3)6-4-8-18(20)31-13-11-23-21-16(26(29)30)9-10-19(24-21)25-12-5-7-17(25)22(27)28/h9-10,14-15,17-18,20H,4-8,11-13H2,1-3H3,(H,23,24)(H,27,28). The molecule has 0 radical (unpaired) electrons. The number of pyridine rings is 1. The van der Waals surface area contributed by atoms with Crippen LogP contribution in [0, 0.1) is 27.9 Å². The molecule has 2 aliphatic rings. The highest BCUT2D eigenvalue weighted by atomic mass is 16.6. The van der Waals surface area contributed by atoms with E-state index in [0.717, 1.165) is 19.3 Å². The van der Waals surface area contributed by atoms with Crippen LogP contribution in [0.5, 0.6) is 0 Å². The molecule has 172 valence electrons. The Morgan fingerprint density at radius 3 is 2.81 bits per heavy atom. The summed E-state index contributed by atoms with van der Waals surface area (Å²) in [7, 11) is 0. The van der Waals surface area contributed by atoms with Gasteiger partial charge in [-0.05, 0) is 43.1 Å². The van der Waals surface area contributed by atoms with Crippen molar-refractivity contribution in [3.05, 3.63) is 22.2 Å². The molecule has 31 heavy (non-hydrogen) atoms. The number of anilines is 2. The summed E-state index contributed by atoms with van der Waals surface area (Å²) < 4.78 is 6.18. The summed E-state index contributed by atoms with van der Waals surface area (Å²) in [6.07, 6.45) is 4.95. The zero-order valence-electron chi connectivity index (χ0n) is 18.6. The van der Waals surface area contributed by atoms with Gasteiger partial charge < -0.3 is 20.1 Å². The topological polar surface area (TPSA) is 118 Å². The number of rotatable bonds is 9. The van der Waals surface area contributed by atoms with Gasteiger partial charge in [-0.1, -0.05) is 33.6 Å². The van der Waals surface area contributed by atoms with Crippen LogP contribution < -0.4 is 10.2 Å². The maximum Gasteiger partial charge on any atom is 0.326 e. The maximum atomic E-state index is 11.5. The van der Waals surface area contributed by atoms with Crippen molar-refractivity contribution < 1.29 is 19.6 Å². The van der Waals surface area contributed by atoms with Crippen molar-refractivity contribution in [3.63, 3.8) is 0 Å². The van der Waals surface area contributed by atoms with Crippen molar-refractivity contribution in [2.75, 3.05) is 29.9 Å². The van der Waals surface area contributed by atoms with Gasteiger partial charge in [-0.2, -0.15) is 0 Å². The number of nitro groups is 1. The van der Waals surface area contributed by atoms with Crippen LogP contribution in [0.15, 0.2) is 12.1 Å². The first-order valence-corrected chi connectivity index (χ1v) is 11.3. The van der Waals surface area contributed by atoms with Crippen LogP contribution in [-0.2, 0) is 9.53 Å². The summed E-state index contributed by atoms with van der Waals surface area (Å²) in [6, 6.07) is 2.27. The van der Waals surface area contributed by atoms with E-state index in [2.05, 4.69) is 31.1 Å². The van der Waals surface area contributed by atoms with Crippen LogP contribution in [-0.4, -0.2) is 52.8 Å². The molecule has 0 amide bonds. The maximum absolute atomic E-state index is 11.5. The van der Waals surface area contributed by atoms with Crippen LogP contribution in [0.2, 0.25) is 0 Å². The molecule has 9 heteroatoms. The van der Waals surface area contributed by atoms with Gasteiger partial charge in [-0.15, -0.1) is 0 Å². The molecule has 1 saturated carbocycles. The number of carboxylic acid groups (broad SMARTS) is 1. The second kappa shape index (κ2) is 10.3. The monoisotopic (exact) mass is 434 g/mol. The molecule has 4 unspecified atom stereocenters. The Morgan fingerprint density at radius 2 is 2.13 bits per heavy atom. The first-order valence-electron chi connectivity index (χ1n) is 11.3. The van der Waals surface area contributed by atoms with Gasteiger partial charge in [0.1, 0.15) is 11.9 Å². The Labute approximate surface area is 183 Å². The molecule has 1 aliphatic heterocycles. The Bertz CT molecular complexity index is 787. The smallest absolute Gasteiger partial charge is 0.326 e. The van der Waals surface area contributed by atoms with Crippen molar-refractivity contribution in [1.29, 1.82) is 0 Å². The van der Waals surface area contributed by atoms with Crippen molar-refractivity contribution in [1.82, 2.24) is 4.98 Å². The van der Waals surface area contributed by atoms with E-state index in [1.165, 1.54) is 18.6 Å². The van der Waals surface area contributed by atoms with E-state index >= 15 is 0 Å². The number of nitrogens with zero attached hydrogens (tertiary/aromatic N) is 3. The lowest BCUT2D eigenvalue weighted by atomic mass is 9.72. The molecule has 1 aromatic rings. The Morgan fingerprint density at radius 1 is 1.35 bits per heavy atom. The number of nitrogens with one attached hydrogen (secondary N) is 1. The quantitative estimate of drug-likeness (QED) is 0.341. The molecular weight excluding hydrogens is 400 g/mol. The van der Waals surface area contributed by atoms with Gasteiger partial charge in [0.25, 0.3) is 0 Å². The van der Waals surface area contributed by atoms with Gasteiger partial charge in [-0.25, -0.2) is 9.78 Å². The summed E-state index contributed by atoms with van der Waals surface area (Å²) in [5, 5.41) is 23.9.